The smallest absolute Gasteiger partial charge is 0.171 e. The maximum atomic E-state index is 12.5. The summed E-state index contributed by atoms with van der Waals surface area (Å²) >= 11 is 0. The molecule has 1 nitrogen and oxygen atoms in total. The summed E-state index contributed by atoms with van der Waals surface area (Å²) in [4.78, 5) is 0. The van der Waals surface area contributed by atoms with Gasteiger partial charge in [0.2, 0.25) is 0 Å². The van der Waals surface area contributed by atoms with Crippen LogP contribution in [0.4, 0.5) is 13.2 Å². The number of alkyl halides is 3. The van der Waals surface area contributed by atoms with Crippen molar-refractivity contribution in [3.8, 4) is 0 Å². The number of halogens is 3. The van der Waals surface area contributed by atoms with Crippen LogP contribution in [0.25, 0.3) is 0 Å². The third-order valence-corrected chi connectivity index (χ3v) is 4.23. The van der Waals surface area contributed by atoms with Gasteiger partial charge in [0.1, 0.15) is 0 Å². The topological polar surface area (TPSA) is 17.1 Å². The molecule has 0 saturated heterocycles. The quantitative estimate of drug-likeness (QED) is 0.787. The van der Waals surface area contributed by atoms with E-state index in [1.807, 2.05) is 0 Å². The van der Waals surface area contributed by atoms with E-state index in [4.69, 9.17) is 0 Å². The van der Waals surface area contributed by atoms with Gasteiger partial charge in [0, 0.05) is 5.56 Å². The molecule has 0 aliphatic rings. The normalized spacial score (nSPS) is 12.3. The summed E-state index contributed by atoms with van der Waals surface area (Å²) in [6, 6.07) is 14.5. The van der Waals surface area contributed by atoms with Crippen molar-refractivity contribution in [1.82, 2.24) is 0 Å². The Labute approximate surface area is 109 Å². The van der Waals surface area contributed by atoms with E-state index in [2.05, 4.69) is 0 Å². The Balaban J connectivity index is 2.38. The monoisotopic (exact) mass is 283 g/mol. The minimum atomic E-state index is -4.30. The highest BCUT2D eigenvalue weighted by Crippen LogP contribution is 2.26. The minimum absolute atomic E-state index is 0.0694. The predicted molar refractivity (Wildman–Crippen MR) is 69.5 cm³/mol. The van der Waals surface area contributed by atoms with Crippen LogP contribution < -0.4 is 10.6 Å². The average molecular weight is 283 g/mol. The molecular weight excluding hydrogens is 272 g/mol. The first-order chi connectivity index (χ1) is 8.97. The van der Waals surface area contributed by atoms with Gasteiger partial charge in [-0.2, -0.15) is 13.2 Å². The fourth-order valence-corrected chi connectivity index (χ4v) is 3.13. The lowest BCUT2D eigenvalue weighted by Crippen LogP contribution is -2.19. The minimum Gasteiger partial charge on any atom is -0.171 e. The highest BCUT2D eigenvalue weighted by Gasteiger charge is 2.34. The third-order valence-electron chi connectivity index (χ3n) is 2.59. The predicted octanol–water partition coefficient (Wildman–Crippen LogP) is 3.57. The molecule has 0 spiro atoms. The van der Waals surface area contributed by atoms with Crippen LogP contribution in [0.3, 0.4) is 0 Å². The fourth-order valence-electron chi connectivity index (χ4n) is 1.78. The van der Waals surface area contributed by atoms with Gasteiger partial charge in [0.15, 0.2) is 10.6 Å². The first-order valence-electron chi connectivity index (χ1n) is 5.64. The largest absolute Gasteiger partial charge is 0.415 e. The van der Waals surface area contributed by atoms with E-state index in [9.17, 15) is 17.7 Å². The number of benzene rings is 2. The van der Waals surface area contributed by atoms with Crippen LogP contribution in [0.5, 0.6) is 0 Å². The van der Waals surface area contributed by atoms with Crippen molar-refractivity contribution in [3.63, 3.8) is 0 Å². The van der Waals surface area contributed by atoms with Crippen LogP contribution in [0.1, 0.15) is 5.56 Å². The van der Waals surface area contributed by atoms with Crippen molar-refractivity contribution in [2.24, 2.45) is 0 Å². The van der Waals surface area contributed by atoms with Gasteiger partial charge in [0.05, 0.1) is 6.42 Å². The second-order valence-corrected chi connectivity index (χ2v) is 5.64. The molecule has 2 aromatic carbocycles. The van der Waals surface area contributed by atoms with E-state index in [0.717, 1.165) is 0 Å². The molecule has 0 aliphatic carbocycles. The standard InChI is InChI=1S/C14H11F3OP/c15-14(16,17)10-11-6-4-5-9-13(11)19(18)12-7-2-1-3-8-12/h1-9H,10H2/q+1. The Morgan fingerprint density at radius 1 is 0.895 bits per heavy atom. The van der Waals surface area contributed by atoms with E-state index < -0.39 is 20.4 Å². The van der Waals surface area contributed by atoms with Gasteiger partial charge >= 0.3 is 14.0 Å². The Hall–Kier alpha value is -1.67. The van der Waals surface area contributed by atoms with Gasteiger partial charge in [-0.25, -0.2) is 0 Å². The van der Waals surface area contributed by atoms with Crippen molar-refractivity contribution >= 4 is 18.4 Å². The molecule has 0 aliphatic heterocycles. The summed E-state index contributed by atoms with van der Waals surface area (Å²) in [5, 5.41) is 0.785. The van der Waals surface area contributed by atoms with Crippen LogP contribution >= 0.6 is 7.80 Å². The van der Waals surface area contributed by atoms with Gasteiger partial charge in [-0.1, -0.05) is 41.0 Å². The first-order valence-corrected chi connectivity index (χ1v) is 6.90. The third kappa shape index (κ3) is 3.65. The second-order valence-electron chi connectivity index (χ2n) is 4.05. The lowest BCUT2D eigenvalue weighted by Gasteiger charge is -2.06. The van der Waals surface area contributed by atoms with Gasteiger partial charge < -0.3 is 0 Å². The molecule has 1 unspecified atom stereocenters. The summed E-state index contributed by atoms with van der Waals surface area (Å²) in [5.74, 6) is 0. The Morgan fingerprint density at radius 2 is 1.47 bits per heavy atom. The van der Waals surface area contributed by atoms with Crippen LogP contribution in [-0.2, 0) is 11.0 Å². The lowest BCUT2D eigenvalue weighted by atomic mass is 10.1. The molecule has 98 valence electrons. The zero-order valence-electron chi connectivity index (χ0n) is 9.89. The van der Waals surface area contributed by atoms with E-state index in [1.54, 1.807) is 36.4 Å². The highest BCUT2D eigenvalue weighted by atomic mass is 31.1. The number of hydrogen-bond donors (Lipinski definition) is 0. The molecule has 2 aromatic rings. The zero-order valence-corrected chi connectivity index (χ0v) is 10.8. The molecule has 0 N–H and O–H groups in total. The maximum absolute atomic E-state index is 12.5. The lowest BCUT2D eigenvalue weighted by molar-refractivity contribution is -0.127. The van der Waals surface area contributed by atoms with Gasteiger partial charge in [-0.3, -0.25) is 0 Å². The second kappa shape index (κ2) is 5.54. The molecule has 0 saturated carbocycles. The molecule has 1 atom stereocenters. The van der Waals surface area contributed by atoms with Crippen LogP contribution in [0.2, 0.25) is 0 Å². The van der Waals surface area contributed by atoms with Crippen LogP contribution in [-0.4, -0.2) is 6.18 Å². The van der Waals surface area contributed by atoms with E-state index in [1.165, 1.54) is 18.2 Å². The Kier molecular flexibility index (Phi) is 4.01. The molecule has 0 bridgehead atoms. The highest BCUT2D eigenvalue weighted by molar-refractivity contribution is 7.61. The van der Waals surface area contributed by atoms with Crippen LogP contribution in [0, 0.1) is 0 Å². The van der Waals surface area contributed by atoms with Crippen molar-refractivity contribution in [3.05, 3.63) is 60.2 Å². The summed E-state index contributed by atoms with van der Waals surface area (Å²) in [6.45, 7) is 0. The van der Waals surface area contributed by atoms with E-state index in [-0.39, 0.29) is 10.9 Å². The van der Waals surface area contributed by atoms with Crippen molar-refractivity contribution in [2.45, 2.75) is 12.6 Å². The fraction of sp³-hybridized carbons (Fsp3) is 0.143. The first kappa shape index (κ1) is 13.8. The van der Waals surface area contributed by atoms with E-state index >= 15 is 0 Å². The molecule has 0 aromatic heterocycles. The number of hydrogen-bond acceptors (Lipinski definition) is 1. The Morgan fingerprint density at radius 3 is 2.11 bits per heavy atom. The van der Waals surface area contributed by atoms with Gasteiger partial charge in [0.25, 0.3) is 0 Å². The SMILES string of the molecule is O=[P+](c1ccccc1)c1ccccc1CC(F)(F)F. The van der Waals surface area contributed by atoms with Gasteiger partial charge in [-0.05, 0) is 18.2 Å². The zero-order chi connectivity index (χ0) is 13.9. The molecule has 0 amide bonds. The molecule has 0 heterocycles. The molecular formula is C14H11F3OP+. The molecule has 0 radical (unpaired) electrons. The van der Waals surface area contributed by atoms with Crippen molar-refractivity contribution in [2.75, 3.05) is 0 Å². The van der Waals surface area contributed by atoms with Crippen molar-refractivity contribution < 1.29 is 17.7 Å². The molecule has 19 heavy (non-hydrogen) atoms. The molecule has 0 fully saturated rings. The van der Waals surface area contributed by atoms with E-state index in [0.29, 0.717) is 5.30 Å². The maximum Gasteiger partial charge on any atom is 0.415 e. The van der Waals surface area contributed by atoms with Crippen molar-refractivity contribution in [1.29, 1.82) is 0 Å². The molecule has 5 heteroatoms. The number of rotatable bonds is 3. The van der Waals surface area contributed by atoms with Gasteiger partial charge in [-0.15, -0.1) is 0 Å². The summed E-state index contributed by atoms with van der Waals surface area (Å²) < 4.78 is 49.8. The van der Waals surface area contributed by atoms with Crippen LogP contribution in [0.15, 0.2) is 54.6 Å². The molecule has 2 rings (SSSR count). The summed E-state index contributed by atoms with van der Waals surface area (Å²) in [5.41, 5.74) is 0.0694. The summed E-state index contributed by atoms with van der Waals surface area (Å²) in [7, 11) is -1.99. The Bertz CT molecular complexity index is 579. The summed E-state index contributed by atoms with van der Waals surface area (Å²) in [6.07, 6.45) is -5.36. The average Bonchev–Trinajstić information content (AvgIpc) is 2.38.